The number of likely N-dealkylation sites (tertiary alicyclic amines) is 1. The molecule has 1 aromatic heterocycles. The van der Waals surface area contributed by atoms with Gasteiger partial charge in [-0.15, -0.1) is 11.3 Å². The van der Waals surface area contributed by atoms with Crippen LogP contribution in [-0.2, 0) is 47.6 Å². The first-order chi connectivity index (χ1) is 39.2. The number of ether oxygens (including phenoxy) is 6. The molecule has 4 aromatic rings. The Kier molecular flexibility index (Phi) is 26.3. The third-order valence-electron chi connectivity index (χ3n) is 13.3. The first kappa shape index (κ1) is 65.9. The predicted molar refractivity (Wildman–Crippen MR) is 307 cm³/mol. The molecule has 4 atom stereocenters. The average Bonchev–Trinajstić information content (AvgIpc) is 4.08. The zero-order valence-corrected chi connectivity index (χ0v) is 49.5. The largest absolute Gasteiger partial charge is 0.391 e. The molecule has 1 unspecified atom stereocenters. The van der Waals surface area contributed by atoms with Crippen molar-refractivity contribution in [3.63, 3.8) is 0 Å². The number of thiazole rings is 1. The third-order valence-corrected chi connectivity index (χ3v) is 15.0. The number of carbonyl (C=O) groups is 5. The lowest BCUT2D eigenvalue weighted by Gasteiger charge is -2.36. The third kappa shape index (κ3) is 20.5. The van der Waals surface area contributed by atoms with Crippen molar-refractivity contribution in [2.75, 3.05) is 111 Å². The Morgan fingerprint density at radius 1 is 0.805 bits per heavy atom. The lowest BCUT2D eigenvalue weighted by Crippen LogP contribution is -2.59. The molecule has 0 bridgehead atoms. The van der Waals surface area contributed by atoms with Gasteiger partial charge in [0.25, 0.3) is 5.91 Å². The summed E-state index contributed by atoms with van der Waals surface area (Å²) < 4.78 is 91.7. The van der Waals surface area contributed by atoms with Crippen LogP contribution in [0.5, 0.6) is 0 Å². The summed E-state index contributed by atoms with van der Waals surface area (Å²) in [6.45, 7) is 11.6. The molecule has 1 aliphatic heterocycles. The molecule has 6 rings (SSSR count). The number of aliphatic hydroxyl groups excluding tert-OH is 1. The van der Waals surface area contributed by atoms with Gasteiger partial charge < -0.3 is 65.0 Å². The number of β-amino-alcohol motifs (C(OH)–C–C–N with tert-alkyl or cyclic N) is 1. The Labute approximate surface area is 492 Å². The molecule has 1 aliphatic carbocycles. The molecule has 1 saturated heterocycles. The highest BCUT2D eigenvalue weighted by molar-refractivity contribution is 14.1. The smallest absolute Gasteiger partial charge is 0.258 e. The van der Waals surface area contributed by atoms with E-state index in [9.17, 15) is 46.6 Å². The number of anilines is 2. The molecule has 2 aliphatic rings. The van der Waals surface area contributed by atoms with Crippen molar-refractivity contribution in [3.05, 3.63) is 98.0 Å². The molecule has 0 spiro atoms. The number of hydrogen-bond acceptors (Lipinski definition) is 16. The molecule has 25 heteroatoms. The molecule has 82 heavy (non-hydrogen) atoms. The van der Waals surface area contributed by atoms with Crippen LogP contribution in [0.15, 0.2) is 60.1 Å². The van der Waals surface area contributed by atoms with Crippen molar-refractivity contribution in [1.82, 2.24) is 31.2 Å². The molecule has 450 valence electrons. The molecule has 1 saturated carbocycles. The number of ketones is 1. The zero-order valence-electron chi connectivity index (χ0n) is 46.6. The van der Waals surface area contributed by atoms with E-state index >= 15 is 0 Å². The van der Waals surface area contributed by atoms with E-state index in [1.54, 1.807) is 32.3 Å². The summed E-state index contributed by atoms with van der Waals surface area (Å²) in [5.41, 5.74) is 0.576. The first-order valence-electron chi connectivity index (χ1n) is 27.2. The minimum absolute atomic E-state index is 0.0674. The number of hydrogen-bond donors (Lipinski definition) is 6. The molecule has 2 heterocycles. The molecule has 0 radical (unpaired) electrons. The van der Waals surface area contributed by atoms with Crippen LogP contribution in [0.3, 0.4) is 0 Å². The average molecular weight is 1280 g/mol. The number of nitrogens with one attached hydrogen (secondary N) is 5. The molecule has 6 N–H and O–H groups in total. The van der Waals surface area contributed by atoms with Crippen LogP contribution in [0.2, 0.25) is 0 Å². The van der Waals surface area contributed by atoms with Crippen LogP contribution in [0, 0.1) is 33.4 Å². The maximum Gasteiger partial charge on any atom is 0.258 e. The van der Waals surface area contributed by atoms with Crippen molar-refractivity contribution < 1.29 is 75.1 Å². The summed E-state index contributed by atoms with van der Waals surface area (Å²) in [4.78, 5) is 73.6. The van der Waals surface area contributed by atoms with Gasteiger partial charge in [-0.25, -0.2) is 22.5 Å². The Morgan fingerprint density at radius 3 is 2.04 bits per heavy atom. The Morgan fingerprint density at radius 2 is 1.44 bits per heavy atom. The lowest BCUT2D eigenvalue weighted by molar-refractivity contribution is -0.145. The Hall–Kier alpha value is -5.23. The van der Waals surface area contributed by atoms with E-state index in [-0.39, 0.29) is 82.4 Å². The van der Waals surface area contributed by atoms with Gasteiger partial charge in [-0.1, -0.05) is 45.0 Å². The van der Waals surface area contributed by atoms with E-state index < -0.39 is 82.0 Å². The number of halogens is 5. The highest BCUT2D eigenvalue weighted by atomic mass is 127. The van der Waals surface area contributed by atoms with Gasteiger partial charge in [0.1, 0.15) is 24.5 Å². The van der Waals surface area contributed by atoms with Gasteiger partial charge >= 0.3 is 0 Å². The fourth-order valence-corrected chi connectivity index (χ4v) is 9.89. The number of alkyl halides is 1. The van der Waals surface area contributed by atoms with Crippen LogP contribution in [-0.4, -0.2) is 174 Å². The van der Waals surface area contributed by atoms with Crippen LogP contribution < -0.4 is 26.6 Å². The summed E-state index contributed by atoms with van der Waals surface area (Å²) in [7, 11) is 0. The Bertz CT molecular complexity index is 2740. The van der Waals surface area contributed by atoms with E-state index in [1.807, 2.05) is 53.8 Å². The highest BCUT2D eigenvalue weighted by Crippen LogP contribution is 2.41. The van der Waals surface area contributed by atoms with E-state index in [4.69, 9.17) is 28.4 Å². The molecule has 4 amide bonds. The number of carbonyl (C=O) groups excluding carboxylic acids is 5. The summed E-state index contributed by atoms with van der Waals surface area (Å²) in [6, 6.07) is 10.4. The van der Waals surface area contributed by atoms with Crippen LogP contribution in [0.4, 0.5) is 28.9 Å². The van der Waals surface area contributed by atoms with Gasteiger partial charge in [0.05, 0.1) is 112 Å². The summed E-state index contributed by atoms with van der Waals surface area (Å²) in [5.74, 6) is -6.19. The number of rotatable bonds is 36. The fraction of sp³-hybridized carbons (Fsp3) is 0.544. The maximum atomic E-state index is 14.7. The second kappa shape index (κ2) is 32.7. The van der Waals surface area contributed by atoms with Gasteiger partial charge in [0.15, 0.2) is 23.1 Å². The van der Waals surface area contributed by atoms with Crippen molar-refractivity contribution >= 4 is 74.7 Å². The summed E-state index contributed by atoms with van der Waals surface area (Å²) >= 11 is 3.41. The van der Waals surface area contributed by atoms with E-state index in [2.05, 4.69) is 31.6 Å². The van der Waals surface area contributed by atoms with Crippen molar-refractivity contribution in [3.8, 4) is 10.4 Å². The molecule has 3 aromatic carbocycles. The fourth-order valence-electron chi connectivity index (χ4n) is 8.63. The SMILES string of the molecule is Cc1ncsc1-c1ccc([C@H](CC(=O)NCCOCCOCCOCCOCCOCCNCCCOCC(=O)c2ccc(F)c(F)c2Nc2ccc(I)cc2F)NC(=O)[C@@H]2C[C@@H](O)CN2C(=O)C(NC(=O)C2(F)CC2)C(C)(C)C)cc1. The minimum Gasteiger partial charge on any atom is -0.391 e. The van der Waals surface area contributed by atoms with Crippen LogP contribution in [0.1, 0.15) is 80.5 Å². The monoisotopic (exact) mass is 1280 g/mol. The summed E-state index contributed by atoms with van der Waals surface area (Å²) in [6.07, 6.45) is -0.540. The Balaban J connectivity index is 0.783. The van der Waals surface area contributed by atoms with E-state index in [0.717, 1.165) is 28.3 Å². The molecule has 19 nitrogen and oxygen atoms in total. The predicted octanol–water partition coefficient (Wildman–Crippen LogP) is 6.50. The van der Waals surface area contributed by atoms with Crippen LogP contribution in [0.25, 0.3) is 10.4 Å². The standard InChI is InChI=1S/C57H74F4IN7O12S/c1-36-51(82-35-65-36)38-8-6-37(7-9-38)45(67-53(73)46-31-40(70)33-69(46)54(74)52(56(2,3)4)68-55(75)57(61)14-15-57)32-48(72)64-18-21-77-23-25-79-27-29-80-28-26-78-24-22-76-20-17-63-16-5-19-81-34-47(71)41-11-12-42(58)49(60)50(41)66-44-13-10-39(62)30-43(44)59/h6-13,30,35,40,45-46,52,63,66,70H,5,14-29,31-34H2,1-4H3,(H,64,72)(H,67,73)(H,68,75)/t40-,45+,46+,52?/m1/s1. The topological polar surface area (TPSA) is 237 Å². The van der Waals surface area contributed by atoms with E-state index in [0.29, 0.717) is 81.5 Å². The van der Waals surface area contributed by atoms with Gasteiger partial charge in [-0.2, -0.15) is 0 Å². The quantitative estimate of drug-likeness (QED) is 0.0123. The van der Waals surface area contributed by atoms with Gasteiger partial charge in [0, 0.05) is 41.8 Å². The van der Waals surface area contributed by atoms with Gasteiger partial charge in [-0.05, 0) is 102 Å². The number of aryl methyl sites for hydroxylation is 1. The lowest BCUT2D eigenvalue weighted by atomic mass is 9.85. The second-order valence-electron chi connectivity index (χ2n) is 20.8. The van der Waals surface area contributed by atoms with E-state index in [1.165, 1.54) is 28.4 Å². The van der Waals surface area contributed by atoms with Crippen molar-refractivity contribution in [2.45, 2.75) is 89.7 Å². The molecule has 2 fully saturated rings. The second-order valence-corrected chi connectivity index (χ2v) is 22.9. The number of aromatic nitrogens is 1. The van der Waals surface area contributed by atoms with Crippen molar-refractivity contribution in [2.24, 2.45) is 5.41 Å². The van der Waals surface area contributed by atoms with Gasteiger partial charge in [0.2, 0.25) is 17.7 Å². The highest BCUT2D eigenvalue weighted by Gasteiger charge is 2.53. The zero-order chi connectivity index (χ0) is 59.2. The minimum atomic E-state index is -2.02. The summed E-state index contributed by atoms with van der Waals surface area (Å²) in [5, 5.41) is 24.8. The number of Topliss-reactive ketones (excluding diaryl/α,β-unsaturated/α-hetero) is 1. The number of amides is 4. The van der Waals surface area contributed by atoms with Gasteiger partial charge in [-0.3, -0.25) is 24.0 Å². The van der Waals surface area contributed by atoms with Crippen LogP contribution >= 0.6 is 33.9 Å². The number of nitrogens with zero attached hydrogens (tertiary/aromatic N) is 2. The normalized spacial score (nSPS) is 16.4. The number of benzene rings is 3. The molecular weight excluding hydrogens is 1210 g/mol. The first-order valence-corrected chi connectivity index (χ1v) is 29.2. The van der Waals surface area contributed by atoms with Crippen molar-refractivity contribution in [1.29, 1.82) is 0 Å². The maximum absolute atomic E-state index is 14.7. The number of aliphatic hydroxyl groups is 1. The molecular formula is C57H74F4IN7O12S.